The number of furan rings is 1. The Morgan fingerprint density at radius 2 is 1.09 bits per heavy atom. The molecule has 0 aliphatic heterocycles. The number of hydrogen-bond acceptors (Lipinski definition) is 2. The molecule has 47 heavy (non-hydrogen) atoms. The third-order valence-corrected chi connectivity index (χ3v) is 9.58. The summed E-state index contributed by atoms with van der Waals surface area (Å²) in [7, 11) is 0. The van der Waals surface area contributed by atoms with Crippen molar-refractivity contribution in [2.75, 3.05) is 0 Å². The molecule has 0 amide bonds. The Labute approximate surface area is 269 Å². The molecule has 0 spiro atoms. The summed E-state index contributed by atoms with van der Waals surface area (Å²) >= 11 is 0. The Kier molecular flexibility index (Phi) is 5.32. The van der Waals surface area contributed by atoms with Crippen LogP contribution in [0.5, 0.6) is 0 Å². The summed E-state index contributed by atoms with van der Waals surface area (Å²) in [6.07, 6.45) is 0. The number of aromatic nitrogens is 2. The highest BCUT2D eigenvalue weighted by atomic mass is 16.3. The fourth-order valence-electron chi connectivity index (χ4n) is 7.58. The van der Waals surface area contributed by atoms with Gasteiger partial charge in [-0.25, -0.2) is 0 Å². The maximum Gasteiger partial charge on any atom is 0.145 e. The maximum absolute atomic E-state index is 10.4. The van der Waals surface area contributed by atoms with E-state index in [0.29, 0.717) is 5.56 Å². The number of para-hydroxylation sites is 5. The number of nitrogens with zero attached hydrogens (tertiary/aromatic N) is 3. The lowest BCUT2D eigenvalue weighted by atomic mass is 9.97. The van der Waals surface area contributed by atoms with Gasteiger partial charge in [0.1, 0.15) is 11.2 Å². The van der Waals surface area contributed by atoms with Gasteiger partial charge in [-0.05, 0) is 60.7 Å². The van der Waals surface area contributed by atoms with Gasteiger partial charge in [0.15, 0.2) is 0 Å². The van der Waals surface area contributed by atoms with Gasteiger partial charge in [0.05, 0.1) is 44.8 Å². The highest BCUT2D eigenvalue weighted by Crippen LogP contribution is 2.42. The second-order valence-corrected chi connectivity index (χ2v) is 12.0. The maximum atomic E-state index is 10.4. The van der Waals surface area contributed by atoms with E-state index in [1.807, 2.05) is 18.2 Å². The van der Waals surface area contributed by atoms with Crippen molar-refractivity contribution in [1.82, 2.24) is 9.13 Å². The molecule has 3 heterocycles. The van der Waals surface area contributed by atoms with Crippen LogP contribution in [0.15, 0.2) is 156 Å². The minimum atomic E-state index is 0.627. The smallest absolute Gasteiger partial charge is 0.145 e. The van der Waals surface area contributed by atoms with Gasteiger partial charge in [-0.15, -0.1) is 0 Å². The van der Waals surface area contributed by atoms with Crippen molar-refractivity contribution in [1.29, 1.82) is 5.26 Å². The van der Waals surface area contributed by atoms with Gasteiger partial charge in [0.2, 0.25) is 0 Å². The summed E-state index contributed by atoms with van der Waals surface area (Å²) in [5.74, 6) is 0. The van der Waals surface area contributed by atoms with Gasteiger partial charge in [-0.3, -0.25) is 0 Å². The Hall–Kier alpha value is -6.57. The Morgan fingerprint density at radius 1 is 0.468 bits per heavy atom. The van der Waals surface area contributed by atoms with E-state index in [2.05, 4.69) is 149 Å². The molecule has 0 radical (unpaired) electrons. The number of nitriles is 1. The Bertz CT molecular complexity index is 2880. The minimum Gasteiger partial charge on any atom is -0.455 e. The molecule has 0 aliphatic rings. The SMILES string of the molecule is N#Cc1ccc(-n2c3ccccc3c3c4oc5ccccc5c4ccc32)cc1-c1ccccc1-n1c2ccccc2c2ccccc21. The fourth-order valence-corrected chi connectivity index (χ4v) is 7.58. The highest BCUT2D eigenvalue weighted by Gasteiger charge is 2.21. The van der Waals surface area contributed by atoms with E-state index < -0.39 is 0 Å². The number of hydrogen-bond donors (Lipinski definition) is 0. The average Bonchev–Trinajstić information content (AvgIpc) is 3.79. The van der Waals surface area contributed by atoms with E-state index in [4.69, 9.17) is 4.42 Å². The van der Waals surface area contributed by atoms with E-state index in [0.717, 1.165) is 77.3 Å². The molecule has 0 bridgehead atoms. The zero-order chi connectivity index (χ0) is 31.1. The van der Waals surface area contributed by atoms with Crippen molar-refractivity contribution in [3.8, 4) is 28.6 Å². The lowest BCUT2D eigenvalue weighted by Crippen LogP contribution is -2.00. The number of benzene rings is 7. The van der Waals surface area contributed by atoms with E-state index in [1.165, 1.54) is 10.8 Å². The van der Waals surface area contributed by atoms with Crippen LogP contribution in [-0.4, -0.2) is 9.13 Å². The van der Waals surface area contributed by atoms with Gasteiger partial charge < -0.3 is 13.6 Å². The van der Waals surface area contributed by atoms with Gasteiger partial charge >= 0.3 is 0 Å². The molecule has 0 fully saturated rings. The molecule has 7 aromatic carbocycles. The number of fused-ring (bicyclic) bond motifs is 10. The van der Waals surface area contributed by atoms with Crippen molar-refractivity contribution in [2.45, 2.75) is 0 Å². The van der Waals surface area contributed by atoms with Gasteiger partial charge in [0, 0.05) is 43.7 Å². The second-order valence-electron chi connectivity index (χ2n) is 12.0. The molecule has 0 unspecified atom stereocenters. The van der Waals surface area contributed by atoms with Crippen LogP contribution in [0, 0.1) is 11.3 Å². The lowest BCUT2D eigenvalue weighted by molar-refractivity contribution is 0.673. The van der Waals surface area contributed by atoms with Crippen molar-refractivity contribution in [3.05, 3.63) is 157 Å². The molecule has 10 rings (SSSR count). The summed E-state index contributed by atoms with van der Waals surface area (Å²) in [5, 5.41) is 17.3. The first-order chi connectivity index (χ1) is 23.3. The van der Waals surface area contributed by atoms with Crippen molar-refractivity contribution >= 4 is 65.6 Å². The topological polar surface area (TPSA) is 46.8 Å². The predicted molar refractivity (Wildman–Crippen MR) is 193 cm³/mol. The van der Waals surface area contributed by atoms with Crippen LogP contribution in [-0.2, 0) is 0 Å². The van der Waals surface area contributed by atoms with E-state index >= 15 is 0 Å². The van der Waals surface area contributed by atoms with Crippen molar-refractivity contribution in [3.63, 3.8) is 0 Å². The Morgan fingerprint density at radius 3 is 1.83 bits per heavy atom. The minimum absolute atomic E-state index is 0.627. The zero-order valence-electron chi connectivity index (χ0n) is 25.2. The van der Waals surface area contributed by atoms with Crippen LogP contribution < -0.4 is 0 Å². The third-order valence-electron chi connectivity index (χ3n) is 9.58. The second kappa shape index (κ2) is 9.71. The van der Waals surface area contributed by atoms with Gasteiger partial charge in [-0.2, -0.15) is 5.26 Å². The van der Waals surface area contributed by atoms with Crippen LogP contribution in [0.2, 0.25) is 0 Å². The molecule has 3 aromatic heterocycles. The number of rotatable bonds is 3. The largest absolute Gasteiger partial charge is 0.455 e. The molecule has 0 saturated heterocycles. The predicted octanol–water partition coefficient (Wildman–Crippen LogP) is 11.3. The molecule has 0 saturated carbocycles. The Balaban J connectivity index is 1.26. The van der Waals surface area contributed by atoms with Gasteiger partial charge in [-0.1, -0.05) is 91.0 Å². The van der Waals surface area contributed by atoms with E-state index in [1.54, 1.807) is 0 Å². The van der Waals surface area contributed by atoms with E-state index in [9.17, 15) is 5.26 Å². The van der Waals surface area contributed by atoms with Crippen LogP contribution in [0.25, 0.3) is 88.1 Å². The molecular formula is C43H25N3O. The van der Waals surface area contributed by atoms with Crippen molar-refractivity contribution < 1.29 is 4.42 Å². The molecule has 0 atom stereocenters. The molecular weight excluding hydrogens is 574 g/mol. The third kappa shape index (κ3) is 3.57. The van der Waals surface area contributed by atoms with Gasteiger partial charge in [0.25, 0.3) is 0 Å². The summed E-state index contributed by atoms with van der Waals surface area (Å²) in [5.41, 5.74) is 10.7. The van der Waals surface area contributed by atoms with Crippen LogP contribution in [0.1, 0.15) is 5.56 Å². The molecule has 0 N–H and O–H groups in total. The zero-order valence-corrected chi connectivity index (χ0v) is 25.2. The quantitative estimate of drug-likeness (QED) is 0.203. The summed E-state index contributed by atoms with van der Waals surface area (Å²) in [6.45, 7) is 0. The first-order valence-corrected chi connectivity index (χ1v) is 15.8. The molecule has 4 heteroatoms. The average molecular weight is 600 g/mol. The fraction of sp³-hybridized carbons (Fsp3) is 0. The molecule has 10 aromatic rings. The molecule has 218 valence electrons. The van der Waals surface area contributed by atoms with Crippen molar-refractivity contribution in [2.24, 2.45) is 0 Å². The van der Waals surface area contributed by atoms with Crippen LogP contribution >= 0.6 is 0 Å². The monoisotopic (exact) mass is 599 g/mol. The van der Waals surface area contributed by atoms with Crippen LogP contribution in [0.3, 0.4) is 0 Å². The molecule has 4 nitrogen and oxygen atoms in total. The normalized spacial score (nSPS) is 11.8. The van der Waals surface area contributed by atoms with E-state index in [-0.39, 0.29) is 0 Å². The first kappa shape index (κ1) is 25.7. The highest BCUT2D eigenvalue weighted by molar-refractivity contribution is 6.23. The summed E-state index contributed by atoms with van der Waals surface area (Å²) < 4.78 is 11.1. The summed E-state index contributed by atoms with van der Waals surface area (Å²) in [6, 6.07) is 55.2. The standard InChI is InChI=1S/C43H25N3O/c44-26-27-21-22-28(45-39-19-9-4-15-34(39)42-40(45)24-23-33-32-14-5-10-20-41(32)47-43(33)42)25-35(27)31-13-3-8-18-38(31)46-36-16-6-1-11-29(36)30-12-2-7-17-37(30)46/h1-25H. The van der Waals surface area contributed by atoms with Crippen LogP contribution in [0.4, 0.5) is 0 Å². The lowest BCUT2D eigenvalue weighted by Gasteiger charge is -2.16. The summed E-state index contributed by atoms with van der Waals surface area (Å²) in [4.78, 5) is 0. The molecule has 0 aliphatic carbocycles. The first-order valence-electron chi connectivity index (χ1n) is 15.8.